The highest BCUT2D eigenvalue weighted by atomic mass is 16.4. The lowest BCUT2D eigenvalue weighted by atomic mass is 10.1. The van der Waals surface area contributed by atoms with Gasteiger partial charge in [-0.3, -0.25) is 9.59 Å². The molecule has 0 bridgehead atoms. The fourth-order valence-electron chi connectivity index (χ4n) is 4.98. The van der Waals surface area contributed by atoms with Crippen molar-refractivity contribution in [1.82, 2.24) is 5.32 Å². The van der Waals surface area contributed by atoms with Gasteiger partial charge in [-0.25, -0.2) is 0 Å². The predicted molar refractivity (Wildman–Crippen MR) is 201 cm³/mol. The molecule has 0 aliphatic rings. The molecule has 47 heavy (non-hydrogen) atoms. The van der Waals surface area contributed by atoms with E-state index in [0.29, 0.717) is 25.9 Å². The lowest BCUT2D eigenvalue weighted by Crippen LogP contribution is -2.21. The second-order valence-corrected chi connectivity index (χ2v) is 12.7. The van der Waals surface area contributed by atoms with Gasteiger partial charge in [0.05, 0.1) is 13.2 Å². The van der Waals surface area contributed by atoms with Gasteiger partial charge >= 0.3 is 11.9 Å². The first kappa shape index (κ1) is 49.7. The van der Waals surface area contributed by atoms with Crippen LogP contribution in [0.4, 0.5) is 0 Å². The normalized spacial score (nSPS) is 11.0. The maximum atomic E-state index is 10.3. The van der Waals surface area contributed by atoms with Gasteiger partial charge < -0.3 is 25.7 Å². The molecule has 0 radical (unpaired) electrons. The highest BCUT2D eigenvalue weighted by Crippen LogP contribution is 2.11. The Labute approximate surface area is 291 Å². The molecule has 0 saturated carbocycles. The monoisotopic (exact) mass is 670 g/mol. The Morgan fingerprint density at radius 1 is 0.426 bits per heavy atom. The molecule has 0 spiro atoms. The first-order valence-corrected chi connectivity index (χ1v) is 19.6. The topological polar surface area (TPSA) is 127 Å². The molecule has 280 valence electrons. The summed E-state index contributed by atoms with van der Waals surface area (Å²) in [7, 11) is 0. The van der Waals surface area contributed by atoms with Crippen LogP contribution in [0.2, 0.25) is 0 Å². The summed E-state index contributed by atoms with van der Waals surface area (Å²) >= 11 is 0. The number of nitrogens with one attached hydrogen (secondary N) is 1. The van der Waals surface area contributed by atoms with Crippen molar-refractivity contribution >= 4 is 11.9 Å². The van der Waals surface area contributed by atoms with Gasteiger partial charge in [0.2, 0.25) is 0 Å². The fourth-order valence-corrected chi connectivity index (χ4v) is 4.98. The third kappa shape index (κ3) is 60.2. The summed E-state index contributed by atoms with van der Waals surface area (Å²) in [6.07, 6.45) is 42.5. The molecule has 0 rings (SSSR count). The van der Waals surface area contributed by atoms with E-state index in [4.69, 9.17) is 20.4 Å². The molecule has 0 aromatic rings. The SMILES string of the molecule is CCCCCCCC/C=C\CCCCCCCC(=O)O.CCCCCCCC/C=C\CCCCCCCC(=O)O.OCCNCCO. The molecule has 5 N–H and O–H groups in total. The van der Waals surface area contributed by atoms with Gasteiger partial charge in [-0.05, 0) is 64.2 Å². The van der Waals surface area contributed by atoms with E-state index in [2.05, 4.69) is 43.5 Å². The Balaban J connectivity index is -0.000000685. The van der Waals surface area contributed by atoms with E-state index >= 15 is 0 Å². The van der Waals surface area contributed by atoms with Crippen LogP contribution in [-0.4, -0.2) is 58.7 Å². The molecule has 0 aromatic carbocycles. The predicted octanol–water partition coefficient (Wildman–Crippen LogP) is 10.8. The summed E-state index contributed by atoms with van der Waals surface area (Å²) in [5.41, 5.74) is 0. The smallest absolute Gasteiger partial charge is 0.303 e. The highest BCUT2D eigenvalue weighted by Gasteiger charge is 1.97. The van der Waals surface area contributed by atoms with Crippen molar-refractivity contribution < 1.29 is 30.0 Å². The van der Waals surface area contributed by atoms with Gasteiger partial charge in [0.25, 0.3) is 0 Å². The first-order valence-electron chi connectivity index (χ1n) is 19.6. The van der Waals surface area contributed by atoms with E-state index in [-0.39, 0.29) is 13.2 Å². The van der Waals surface area contributed by atoms with Crippen LogP contribution in [0, 0.1) is 0 Å². The van der Waals surface area contributed by atoms with Gasteiger partial charge in [-0.2, -0.15) is 0 Å². The fraction of sp³-hybridized carbons (Fsp3) is 0.850. The quantitative estimate of drug-likeness (QED) is 0.0341. The lowest BCUT2D eigenvalue weighted by Gasteiger charge is -1.99. The average molecular weight is 670 g/mol. The number of carboxylic acids is 2. The lowest BCUT2D eigenvalue weighted by molar-refractivity contribution is -0.138. The molecule has 7 nitrogen and oxygen atoms in total. The van der Waals surface area contributed by atoms with E-state index in [9.17, 15) is 9.59 Å². The number of rotatable bonds is 34. The van der Waals surface area contributed by atoms with Crippen LogP contribution in [0.3, 0.4) is 0 Å². The molecule has 0 saturated heterocycles. The molecule has 0 fully saturated rings. The van der Waals surface area contributed by atoms with Crippen LogP contribution in [0.5, 0.6) is 0 Å². The number of unbranched alkanes of at least 4 members (excludes halogenated alkanes) is 22. The number of carboxylic acid groups (broad SMARTS) is 2. The Kier molecular flexibility index (Phi) is 51.5. The minimum Gasteiger partial charge on any atom is -0.481 e. The number of aliphatic hydroxyl groups is 2. The largest absolute Gasteiger partial charge is 0.481 e. The summed E-state index contributed by atoms with van der Waals surface area (Å²) < 4.78 is 0. The van der Waals surface area contributed by atoms with Crippen molar-refractivity contribution in [2.24, 2.45) is 0 Å². The molecular formula is C40H79NO6. The van der Waals surface area contributed by atoms with Crippen molar-refractivity contribution in [3.05, 3.63) is 24.3 Å². The van der Waals surface area contributed by atoms with Gasteiger partial charge in [0, 0.05) is 25.9 Å². The van der Waals surface area contributed by atoms with E-state index in [1.54, 1.807) is 0 Å². The van der Waals surface area contributed by atoms with E-state index in [0.717, 1.165) is 25.7 Å². The standard InChI is InChI=1S/2C18H34O2.C4H11NO2/c2*1-2-3-4-5-6-7-8-9-10-11-12-13-14-15-16-17-18(19)20;6-3-1-5-2-4-7/h2*9-10H,2-8,11-17H2,1H3,(H,19,20);5-7H,1-4H2/b2*10-9-;. The van der Waals surface area contributed by atoms with Gasteiger partial charge in [-0.1, -0.05) is 141 Å². The van der Waals surface area contributed by atoms with Crippen LogP contribution in [0.15, 0.2) is 24.3 Å². The summed E-state index contributed by atoms with van der Waals surface area (Å²) in [6, 6.07) is 0. The highest BCUT2D eigenvalue weighted by molar-refractivity contribution is 5.66. The first-order chi connectivity index (χ1) is 23.0. The minimum atomic E-state index is -0.664. The van der Waals surface area contributed by atoms with Crippen molar-refractivity contribution in [2.75, 3.05) is 26.3 Å². The van der Waals surface area contributed by atoms with Crippen LogP contribution in [0.1, 0.15) is 194 Å². The second kappa shape index (κ2) is 48.7. The zero-order valence-corrected chi connectivity index (χ0v) is 31.0. The number of aliphatic hydroxyl groups excluding tert-OH is 2. The molecule has 0 aromatic heterocycles. The van der Waals surface area contributed by atoms with Crippen molar-refractivity contribution in [1.29, 1.82) is 0 Å². The molecule has 0 amide bonds. The van der Waals surface area contributed by atoms with Crippen LogP contribution < -0.4 is 5.32 Å². The molecule has 0 heterocycles. The number of hydrogen-bond acceptors (Lipinski definition) is 5. The second-order valence-electron chi connectivity index (χ2n) is 12.7. The van der Waals surface area contributed by atoms with Gasteiger partial charge in [0.1, 0.15) is 0 Å². The number of hydrogen-bond donors (Lipinski definition) is 5. The van der Waals surface area contributed by atoms with Gasteiger partial charge in [0.15, 0.2) is 0 Å². The Bertz CT molecular complexity index is 599. The molecule has 0 unspecified atom stereocenters. The minimum absolute atomic E-state index is 0.139. The summed E-state index contributed by atoms with van der Waals surface area (Å²) in [5.74, 6) is -1.33. The number of carbonyl (C=O) groups is 2. The van der Waals surface area contributed by atoms with Gasteiger partial charge in [-0.15, -0.1) is 0 Å². The Morgan fingerprint density at radius 3 is 0.936 bits per heavy atom. The molecule has 7 heteroatoms. The van der Waals surface area contributed by atoms with Crippen LogP contribution >= 0.6 is 0 Å². The summed E-state index contributed by atoms with van der Waals surface area (Å²) in [6.45, 7) is 5.94. The summed E-state index contributed by atoms with van der Waals surface area (Å²) in [4.78, 5) is 20.6. The van der Waals surface area contributed by atoms with E-state index in [1.165, 1.54) is 141 Å². The molecule has 0 atom stereocenters. The maximum Gasteiger partial charge on any atom is 0.303 e. The average Bonchev–Trinajstić information content (AvgIpc) is 3.05. The Hall–Kier alpha value is -1.70. The zero-order valence-electron chi connectivity index (χ0n) is 31.0. The van der Waals surface area contributed by atoms with E-state index < -0.39 is 11.9 Å². The maximum absolute atomic E-state index is 10.3. The molecule has 0 aliphatic carbocycles. The zero-order chi connectivity index (χ0) is 35.3. The number of aliphatic carboxylic acids is 2. The number of allylic oxidation sites excluding steroid dienone is 4. The van der Waals surface area contributed by atoms with Crippen molar-refractivity contribution in [2.45, 2.75) is 194 Å². The van der Waals surface area contributed by atoms with Crippen LogP contribution in [-0.2, 0) is 9.59 Å². The van der Waals surface area contributed by atoms with E-state index in [1.807, 2.05) is 0 Å². The molecular weight excluding hydrogens is 590 g/mol. The Morgan fingerprint density at radius 2 is 0.681 bits per heavy atom. The third-order valence-electron chi connectivity index (χ3n) is 7.88. The summed E-state index contributed by atoms with van der Waals surface area (Å²) in [5, 5.41) is 36.1. The molecule has 0 aliphatic heterocycles. The van der Waals surface area contributed by atoms with Crippen molar-refractivity contribution in [3.8, 4) is 0 Å². The van der Waals surface area contributed by atoms with Crippen LogP contribution in [0.25, 0.3) is 0 Å². The van der Waals surface area contributed by atoms with Crippen molar-refractivity contribution in [3.63, 3.8) is 0 Å². The third-order valence-corrected chi connectivity index (χ3v) is 7.88.